The van der Waals surface area contributed by atoms with Gasteiger partial charge in [-0.05, 0) is 82.9 Å². The summed E-state index contributed by atoms with van der Waals surface area (Å²) >= 11 is 10.3. The lowest BCUT2D eigenvalue weighted by Gasteiger charge is -2.33. The summed E-state index contributed by atoms with van der Waals surface area (Å²) in [6, 6.07) is 18.6. The van der Waals surface area contributed by atoms with E-state index >= 15 is 0 Å². The monoisotopic (exact) mass is 629 g/mol. The molecule has 3 aromatic rings. The van der Waals surface area contributed by atoms with E-state index < -0.39 is 17.0 Å². The van der Waals surface area contributed by atoms with E-state index in [4.69, 9.17) is 25.8 Å². The van der Waals surface area contributed by atoms with Crippen LogP contribution in [0.3, 0.4) is 0 Å². The zero-order valence-corrected chi connectivity index (χ0v) is 24.4. The SMILES string of the molecule is COC(=O)c1ccc(OC[C@@]2(Cl)CCCN2C(=O)Cc2ccc(NC(=O)Nc3ccccc3Br)c(OC)c2)cc1. The number of carbonyl (C=O) groups is 3. The van der Waals surface area contributed by atoms with Crippen LogP contribution in [0.2, 0.25) is 0 Å². The summed E-state index contributed by atoms with van der Waals surface area (Å²) < 4.78 is 16.8. The van der Waals surface area contributed by atoms with Crippen molar-refractivity contribution in [2.75, 3.05) is 38.0 Å². The van der Waals surface area contributed by atoms with Gasteiger partial charge in [0.2, 0.25) is 5.91 Å². The van der Waals surface area contributed by atoms with Crippen molar-refractivity contribution in [3.63, 3.8) is 0 Å². The number of alkyl halides is 1. The summed E-state index contributed by atoms with van der Waals surface area (Å²) in [7, 11) is 2.82. The first kappa shape index (κ1) is 29.2. The molecule has 1 atom stereocenters. The van der Waals surface area contributed by atoms with Crippen molar-refractivity contribution in [1.29, 1.82) is 0 Å². The van der Waals surface area contributed by atoms with Gasteiger partial charge in [-0.2, -0.15) is 0 Å². The van der Waals surface area contributed by atoms with Gasteiger partial charge in [0.15, 0.2) is 5.00 Å². The lowest BCUT2D eigenvalue weighted by Crippen LogP contribution is -2.47. The summed E-state index contributed by atoms with van der Waals surface area (Å²) in [5.74, 6) is 0.372. The maximum absolute atomic E-state index is 13.3. The zero-order valence-electron chi connectivity index (χ0n) is 22.0. The molecule has 0 aromatic heterocycles. The molecule has 0 spiro atoms. The maximum atomic E-state index is 13.3. The molecule has 3 amide bonds. The van der Waals surface area contributed by atoms with Crippen molar-refractivity contribution >= 4 is 56.8 Å². The van der Waals surface area contributed by atoms with Crippen LogP contribution in [0.25, 0.3) is 0 Å². The minimum Gasteiger partial charge on any atom is -0.495 e. The Morgan fingerprint density at radius 1 is 1.00 bits per heavy atom. The highest BCUT2D eigenvalue weighted by Gasteiger charge is 2.42. The molecule has 9 nitrogen and oxygen atoms in total. The Kier molecular flexibility index (Phi) is 9.54. The fourth-order valence-corrected chi connectivity index (χ4v) is 5.15. The molecule has 40 heavy (non-hydrogen) atoms. The molecule has 1 aliphatic heterocycles. The van der Waals surface area contributed by atoms with Crippen LogP contribution in [0.5, 0.6) is 11.5 Å². The second-order valence-electron chi connectivity index (χ2n) is 9.14. The number of halogens is 2. The molecule has 4 rings (SSSR count). The topological polar surface area (TPSA) is 106 Å². The van der Waals surface area contributed by atoms with E-state index in [1.54, 1.807) is 53.4 Å². The second-order valence-corrected chi connectivity index (χ2v) is 10.7. The number of para-hydroxylation sites is 1. The van der Waals surface area contributed by atoms with E-state index in [9.17, 15) is 14.4 Å². The third kappa shape index (κ3) is 7.05. The van der Waals surface area contributed by atoms with Crippen LogP contribution >= 0.6 is 27.5 Å². The number of nitrogens with zero attached hydrogens (tertiary/aromatic N) is 1. The average molecular weight is 631 g/mol. The normalized spacial score (nSPS) is 16.2. The van der Waals surface area contributed by atoms with Gasteiger partial charge < -0.3 is 29.7 Å². The third-order valence-corrected chi connectivity index (χ3v) is 7.65. The summed E-state index contributed by atoms with van der Waals surface area (Å²) in [5.41, 5.74) is 2.21. The number of esters is 1. The van der Waals surface area contributed by atoms with Crippen molar-refractivity contribution in [2.45, 2.75) is 24.3 Å². The Morgan fingerprint density at radius 2 is 1.73 bits per heavy atom. The summed E-state index contributed by atoms with van der Waals surface area (Å²) in [5, 5.41) is 5.55. The largest absolute Gasteiger partial charge is 0.495 e. The highest BCUT2D eigenvalue weighted by atomic mass is 79.9. The van der Waals surface area contributed by atoms with Crippen LogP contribution < -0.4 is 20.1 Å². The Morgan fingerprint density at radius 3 is 2.42 bits per heavy atom. The summed E-state index contributed by atoms with van der Waals surface area (Å²) in [6.45, 7) is 0.607. The van der Waals surface area contributed by atoms with Gasteiger partial charge in [0.25, 0.3) is 0 Å². The van der Waals surface area contributed by atoms with Gasteiger partial charge in [-0.3, -0.25) is 4.79 Å². The van der Waals surface area contributed by atoms with E-state index in [2.05, 4.69) is 26.6 Å². The van der Waals surface area contributed by atoms with Crippen LogP contribution in [0, 0.1) is 0 Å². The predicted octanol–water partition coefficient (Wildman–Crippen LogP) is 6.07. The second kappa shape index (κ2) is 13.1. The molecule has 3 aromatic carbocycles. The molecule has 0 aliphatic carbocycles. The fourth-order valence-electron chi connectivity index (χ4n) is 4.40. The Labute approximate surface area is 245 Å². The van der Waals surface area contributed by atoms with E-state index in [0.717, 1.165) is 10.9 Å². The molecule has 1 aliphatic rings. The molecular formula is C29H29BrClN3O6. The first-order valence-corrected chi connectivity index (χ1v) is 13.7. The number of rotatable bonds is 9. The summed E-state index contributed by atoms with van der Waals surface area (Å²) in [6.07, 6.45) is 1.43. The minimum absolute atomic E-state index is 0.0939. The third-order valence-electron chi connectivity index (χ3n) is 6.45. The number of ether oxygens (including phenoxy) is 3. The molecule has 0 unspecified atom stereocenters. The standard InChI is InChI=1S/C29H29BrClN3O6/c1-38-25-16-19(8-13-24(25)33-28(37)32-23-7-4-3-6-22(23)30)17-26(35)34-15-5-14-29(34,31)18-40-21-11-9-20(10-12-21)27(36)39-2/h3-4,6-13,16H,5,14-15,17-18H2,1-2H3,(H2,32,33,37)/t29-/m1/s1. The zero-order chi connectivity index (χ0) is 28.7. The Hall–Kier alpha value is -3.76. The van der Waals surface area contributed by atoms with Gasteiger partial charge in [0.05, 0.1) is 37.6 Å². The van der Waals surface area contributed by atoms with Crippen LogP contribution in [0.1, 0.15) is 28.8 Å². The molecule has 2 N–H and O–H groups in total. The van der Waals surface area contributed by atoms with Gasteiger partial charge in [-0.25, -0.2) is 9.59 Å². The van der Waals surface area contributed by atoms with E-state index in [0.29, 0.717) is 47.0 Å². The predicted molar refractivity (Wildman–Crippen MR) is 156 cm³/mol. The van der Waals surface area contributed by atoms with Crippen LogP contribution in [-0.4, -0.2) is 55.2 Å². The molecule has 1 fully saturated rings. The van der Waals surface area contributed by atoms with Crippen molar-refractivity contribution in [3.8, 4) is 11.5 Å². The van der Waals surface area contributed by atoms with Gasteiger partial charge in [0, 0.05) is 11.0 Å². The average Bonchev–Trinajstić information content (AvgIpc) is 3.35. The molecule has 0 radical (unpaired) electrons. The first-order chi connectivity index (χ1) is 19.2. The Balaban J connectivity index is 1.37. The number of carbonyl (C=O) groups excluding carboxylic acids is 3. The molecule has 0 bridgehead atoms. The first-order valence-electron chi connectivity index (χ1n) is 12.5. The van der Waals surface area contributed by atoms with E-state index in [1.165, 1.54) is 14.2 Å². The number of likely N-dealkylation sites (tertiary alicyclic amines) is 1. The Bertz CT molecular complexity index is 1390. The summed E-state index contributed by atoms with van der Waals surface area (Å²) in [4.78, 5) is 38.1. The lowest BCUT2D eigenvalue weighted by atomic mass is 10.1. The minimum atomic E-state index is -0.993. The fraction of sp³-hybridized carbons (Fsp3) is 0.276. The van der Waals surface area contributed by atoms with Gasteiger partial charge in [-0.15, -0.1) is 0 Å². The number of benzene rings is 3. The van der Waals surface area contributed by atoms with Crippen molar-refractivity contribution in [2.24, 2.45) is 0 Å². The number of hydrogen-bond acceptors (Lipinski definition) is 6. The molecule has 0 saturated carbocycles. The number of methoxy groups -OCH3 is 2. The molecule has 11 heteroatoms. The highest BCUT2D eigenvalue weighted by molar-refractivity contribution is 9.10. The number of amides is 3. The quantitative estimate of drug-likeness (QED) is 0.169. The molecule has 210 valence electrons. The smallest absolute Gasteiger partial charge is 0.337 e. The molecule has 1 heterocycles. The van der Waals surface area contributed by atoms with E-state index in [-0.39, 0.29) is 18.9 Å². The van der Waals surface area contributed by atoms with Crippen molar-refractivity contribution in [1.82, 2.24) is 4.90 Å². The number of hydrogen-bond donors (Lipinski definition) is 2. The number of urea groups is 1. The highest BCUT2D eigenvalue weighted by Crippen LogP contribution is 2.35. The van der Waals surface area contributed by atoms with Crippen LogP contribution in [-0.2, 0) is 16.0 Å². The number of nitrogens with one attached hydrogen (secondary N) is 2. The number of anilines is 2. The van der Waals surface area contributed by atoms with E-state index in [1.807, 2.05) is 18.2 Å². The molecular weight excluding hydrogens is 602 g/mol. The maximum Gasteiger partial charge on any atom is 0.337 e. The van der Waals surface area contributed by atoms with Crippen molar-refractivity contribution < 1.29 is 28.6 Å². The van der Waals surface area contributed by atoms with Crippen molar-refractivity contribution in [3.05, 3.63) is 82.3 Å². The van der Waals surface area contributed by atoms with Gasteiger partial charge in [0.1, 0.15) is 18.1 Å². The lowest BCUT2D eigenvalue weighted by molar-refractivity contribution is -0.133. The van der Waals surface area contributed by atoms with Gasteiger partial charge in [-0.1, -0.05) is 29.8 Å². The molecule has 1 saturated heterocycles. The van der Waals surface area contributed by atoms with Crippen LogP contribution in [0.4, 0.5) is 16.2 Å². The van der Waals surface area contributed by atoms with Crippen LogP contribution in [0.15, 0.2) is 71.2 Å². The van der Waals surface area contributed by atoms with Gasteiger partial charge >= 0.3 is 12.0 Å².